The van der Waals surface area contributed by atoms with Crippen molar-refractivity contribution in [2.45, 2.75) is 26.2 Å². The molecule has 136 valence electrons. The lowest BCUT2D eigenvalue weighted by Gasteiger charge is -2.39. The van der Waals surface area contributed by atoms with E-state index in [1.54, 1.807) is 26.0 Å². The third kappa shape index (κ3) is 2.77. The molecule has 2 N–H and O–H groups in total. The molecule has 1 amide bonds. The van der Waals surface area contributed by atoms with Gasteiger partial charge in [0, 0.05) is 12.1 Å². The number of hydrogen-bond acceptors (Lipinski definition) is 6. The summed E-state index contributed by atoms with van der Waals surface area (Å²) in [7, 11) is 0. The fourth-order valence-corrected chi connectivity index (χ4v) is 3.04. The Bertz CT molecular complexity index is 839. The molecule has 0 saturated carbocycles. The van der Waals surface area contributed by atoms with Crippen LogP contribution in [0.15, 0.2) is 35.5 Å². The zero-order valence-electron chi connectivity index (χ0n) is 14.7. The van der Waals surface area contributed by atoms with E-state index in [1.165, 1.54) is 24.1 Å². The van der Waals surface area contributed by atoms with Gasteiger partial charge in [0.2, 0.25) is 0 Å². The Morgan fingerprint density at radius 1 is 1.35 bits per heavy atom. The van der Waals surface area contributed by atoms with E-state index in [9.17, 15) is 24.8 Å². The highest BCUT2D eigenvalue weighted by atomic mass is 16.5. The summed E-state index contributed by atoms with van der Waals surface area (Å²) in [5.74, 6) is -2.69. The largest absolute Gasteiger partial charge is 0.477 e. The van der Waals surface area contributed by atoms with Crippen LogP contribution in [0.25, 0.3) is 0 Å². The zero-order chi connectivity index (χ0) is 19.5. The fourth-order valence-electron chi connectivity index (χ4n) is 3.04. The smallest absolute Gasteiger partial charge is 0.354 e. The molecule has 0 spiro atoms. The van der Waals surface area contributed by atoms with Crippen LogP contribution < -0.4 is 5.43 Å². The van der Waals surface area contributed by atoms with Gasteiger partial charge in [-0.05, 0) is 32.4 Å². The molecule has 0 aromatic heterocycles. The molecule has 8 heteroatoms. The highest BCUT2D eigenvalue weighted by Gasteiger charge is 2.51. The van der Waals surface area contributed by atoms with E-state index >= 15 is 0 Å². The monoisotopic (exact) mass is 357 g/mol. The Hall–Kier alpha value is -3.34. The summed E-state index contributed by atoms with van der Waals surface area (Å²) >= 11 is 0. The third-order valence-electron chi connectivity index (χ3n) is 4.28. The van der Waals surface area contributed by atoms with E-state index in [4.69, 9.17) is 4.74 Å². The van der Waals surface area contributed by atoms with Crippen molar-refractivity contribution in [3.8, 4) is 6.07 Å². The highest BCUT2D eigenvalue weighted by Crippen LogP contribution is 2.39. The van der Waals surface area contributed by atoms with Crippen LogP contribution in [0.5, 0.6) is 0 Å². The number of esters is 1. The molecule has 26 heavy (non-hydrogen) atoms. The number of rotatable bonds is 5. The Morgan fingerprint density at radius 2 is 2.00 bits per heavy atom. The van der Waals surface area contributed by atoms with Gasteiger partial charge in [0.05, 0.1) is 18.2 Å². The maximum Gasteiger partial charge on any atom is 0.354 e. The topological polar surface area (TPSA) is 120 Å². The number of carboxylic acids is 1. The Morgan fingerprint density at radius 3 is 2.54 bits per heavy atom. The van der Waals surface area contributed by atoms with Crippen LogP contribution in [-0.2, 0) is 19.7 Å². The van der Waals surface area contributed by atoms with Gasteiger partial charge in [-0.3, -0.25) is 15.2 Å². The van der Waals surface area contributed by atoms with Gasteiger partial charge in [-0.15, -0.1) is 0 Å². The average molecular weight is 357 g/mol. The number of carbonyl (C=O) groups is 3. The molecular formula is C18H19N3O5. The molecule has 8 nitrogen and oxygen atoms in total. The second-order valence-corrected chi connectivity index (χ2v) is 5.59. The van der Waals surface area contributed by atoms with Gasteiger partial charge in [-0.1, -0.05) is 18.2 Å². The first-order chi connectivity index (χ1) is 12.3. The molecule has 1 aliphatic heterocycles. The summed E-state index contributed by atoms with van der Waals surface area (Å²) in [6, 6.07) is 7.99. The molecule has 0 bridgehead atoms. The van der Waals surface area contributed by atoms with Crippen molar-refractivity contribution in [2.24, 2.45) is 0 Å². The Labute approximate surface area is 150 Å². The van der Waals surface area contributed by atoms with Crippen LogP contribution in [0.1, 0.15) is 36.7 Å². The number of ether oxygens (including phenoxy) is 1. The van der Waals surface area contributed by atoms with Crippen molar-refractivity contribution >= 4 is 17.8 Å². The molecule has 0 saturated heterocycles. The number of nitrogens with zero attached hydrogens (tertiary/aromatic N) is 2. The number of nitrogens with one attached hydrogen (secondary N) is 1. The number of nitriles is 1. The summed E-state index contributed by atoms with van der Waals surface area (Å²) < 4.78 is 5.01. The maximum atomic E-state index is 12.9. The van der Waals surface area contributed by atoms with Crippen LogP contribution in [-0.4, -0.2) is 41.1 Å². The van der Waals surface area contributed by atoms with E-state index in [0.717, 1.165) is 0 Å². The molecule has 1 unspecified atom stereocenters. The van der Waals surface area contributed by atoms with Crippen molar-refractivity contribution in [1.29, 1.82) is 5.26 Å². The summed E-state index contributed by atoms with van der Waals surface area (Å²) in [5.41, 5.74) is 0.457. The summed E-state index contributed by atoms with van der Waals surface area (Å²) in [6.07, 6.45) is 0. The van der Waals surface area contributed by atoms with Crippen LogP contribution in [0, 0.1) is 11.3 Å². The van der Waals surface area contributed by atoms with E-state index in [-0.39, 0.29) is 35.5 Å². The summed E-state index contributed by atoms with van der Waals surface area (Å²) in [4.78, 5) is 36.9. The van der Waals surface area contributed by atoms with Crippen molar-refractivity contribution < 1.29 is 24.2 Å². The molecule has 1 heterocycles. The van der Waals surface area contributed by atoms with E-state index in [0.29, 0.717) is 0 Å². The standard InChI is InChI=1S/C18H19N3O5/c1-4-21-14(15(22)23)11(3)18(10-19,17(25)20-21)13-9-7-6-8-12(13)16(24)26-5-2/h6-9H,4-5H2,1-3H3,(H,20,25)(H,22,23). The quantitative estimate of drug-likeness (QED) is 0.763. The predicted octanol–water partition coefficient (Wildman–Crippen LogP) is 1.35. The van der Waals surface area contributed by atoms with Gasteiger partial charge < -0.3 is 9.84 Å². The lowest BCUT2D eigenvalue weighted by atomic mass is 9.71. The third-order valence-corrected chi connectivity index (χ3v) is 4.28. The normalized spacial score (nSPS) is 19.6. The van der Waals surface area contributed by atoms with Crippen molar-refractivity contribution in [3.05, 3.63) is 46.7 Å². The van der Waals surface area contributed by atoms with Gasteiger partial charge in [0.15, 0.2) is 5.41 Å². The molecule has 1 aliphatic rings. The molecule has 0 radical (unpaired) electrons. The van der Waals surface area contributed by atoms with Crippen molar-refractivity contribution in [3.63, 3.8) is 0 Å². The number of amides is 1. The summed E-state index contributed by atoms with van der Waals surface area (Å²) in [5, 5.41) is 20.7. The molecular weight excluding hydrogens is 338 g/mol. The van der Waals surface area contributed by atoms with Gasteiger partial charge in [-0.2, -0.15) is 5.26 Å². The Balaban J connectivity index is 2.82. The van der Waals surface area contributed by atoms with Crippen LogP contribution in [0.2, 0.25) is 0 Å². The fraction of sp³-hybridized carbons (Fsp3) is 0.333. The van der Waals surface area contributed by atoms with Crippen LogP contribution in [0.4, 0.5) is 0 Å². The minimum absolute atomic E-state index is 0.0369. The first kappa shape index (κ1) is 19.0. The molecule has 0 fully saturated rings. The zero-order valence-corrected chi connectivity index (χ0v) is 14.7. The minimum atomic E-state index is -1.96. The lowest BCUT2D eigenvalue weighted by Crippen LogP contribution is -2.58. The number of hydrazine groups is 1. The maximum absolute atomic E-state index is 12.9. The number of benzene rings is 1. The van der Waals surface area contributed by atoms with Crippen LogP contribution in [0.3, 0.4) is 0 Å². The van der Waals surface area contributed by atoms with Crippen LogP contribution >= 0.6 is 0 Å². The first-order valence-electron chi connectivity index (χ1n) is 8.06. The predicted molar refractivity (Wildman–Crippen MR) is 90.5 cm³/mol. The molecule has 0 aliphatic carbocycles. The first-order valence-corrected chi connectivity index (χ1v) is 8.06. The number of carboxylic acid groups (broad SMARTS) is 1. The van der Waals surface area contributed by atoms with Crippen molar-refractivity contribution in [2.75, 3.05) is 13.2 Å². The number of aliphatic carboxylic acids is 1. The highest BCUT2D eigenvalue weighted by molar-refractivity contribution is 6.03. The van der Waals surface area contributed by atoms with E-state index in [2.05, 4.69) is 5.43 Å². The van der Waals surface area contributed by atoms with Gasteiger partial charge in [-0.25, -0.2) is 9.59 Å². The number of carbonyl (C=O) groups excluding carboxylic acids is 2. The van der Waals surface area contributed by atoms with Gasteiger partial charge in [0.25, 0.3) is 5.91 Å². The summed E-state index contributed by atoms with van der Waals surface area (Å²) in [6.45, 7) is 5.04. The van der Waals surface area contributed by atoms with Gasteiger partial charge in [0.1, 0.15) is 5.70 Å². The molecule has 1 aromatic rings. The average Bonchev–Trinajstić information content (AvgIpc) is 2.62. The molecule has 1 aromatic carbocycles. The van der Waals surface area contributed by atoms with E-state index < -0.39 is 23.3 Å². The van der Waals surface area contributed by atoms with Gasteiger partial charge >= 0.3 is 11.9 Å². The number of hydrogen-bond donors (Lipinski definition) is 2. The Kier molecular flexibility index (Phi) is 5.31. The molecule has 1 atom stereocenters. The minimum Gasteiger partial charge on any atom is -0.477 e. The van der Waals surface area contributed by atoms with E-state index in [1.807, 2.05) is 6.07 Å². The lowest BCUT2D eigenvalue weighted by molar-refractivity contribution is -0.137. The number of likely N-dealkylation sites (N-methyl/N-ethyl adjacent to an activating group) is 1. The SMILES string of the molecule is CCOC(=O)c1ccccc1C1(C#N)C(=O)NN(CC)C(C(=O)O)=C1C. The van der Waals surface area contributed by atoms with Crippen molar-refractivity contribution in [1.82, 2.24) is 10.4 Å². The second-order valence-electron chi connectivity index (χ2n) is 5.59. The molecule has 2 rings (SSSR count). The second kappa shape index (κ2) is 7.27.